The molecule has 0 fully saturated rings. The molecule has 3 heteroatoms. The molecule has 0 amide bonds. The lowest BCUT2D eigenvalue weighted by Crippen LogP contribution is -1.97. The molecule has 0 radical (unpaired) electrons. The van der Waals surface area contributed by atoms with Crippen LogP contribution in [0.4, 0.5) is 0 Å². The summed E-state index contributed by atoms with van der Waals surface area (Å²) in [5, 5.41) is 0. The number of ketones is 1. The van der Waals surface area contributed by atoms with Gasteiger partial charge >= 0.3 is 0 Å². The molecule has 0 aliphatic carbocycles. The van der Waals surface area contributed by atoms with Crippen molar-refractivity contribution in [1.82, 2.24) is 0 Å². The van der Waals surface area contributed by atoms with Gasteiger partial charge in [-0.05, 0) is 64.0 Å². The van der Waals surface area contributed by atoms with Crippen molar-refractivity contribution in [3.8, 4) is 5.75 Å². The zero-order valence-electron chi connectivity index (χ0n) is 12.6. The van der Waals surface area contributed by atoms with Crippen molar-refractivity contribution in [3.05, 3.63) is 41.5 Å². The van der Waals surface area contributed by atoms with Crippen LogP contribution in [-0.2, 0) is 4.74 Å². The highest BCUT2D eigenvalue weighted by molar-refractivity contribution is 5.94. The van der Waals surface area contributed by atoms with Crippen LogP contribution in [0, 0.1) is 0 Å². The second kappa shape index (κ2) is 9.32. The SMILES string of the molecule is CCOCCCC(C)=CCOc1ccc(C(C)=O)cc1. The number of hydrogen-bond donors (Lipinski definition) is 0. The average molecular weight is 276 g/mol. The van der Waals surface area contributed by atoms with Crippen LogP contribution in [-0.4, -0.2) is 25.6 Å². The van der Waals surface area contributed by atoms with E-state index in [1.807, 2.05) is 19.1 Å². The van der Waals surface area contributed by atoms with Crippen molar-refractivity contribution in [1.29, 1.82) is 0 Å². The van der Waals surface area contributed by atoms with Gasteiger partial charge in [0.2, 0.25) is 0 Å². The van der Waals surface area contributed by atoms with Gasteiger partial charge in [-0.2, -0.15) is 0 Å². The Morgan fingerprint density at radius 1 is 1.20 bits per heavy atom. The summed E-state index contributed by atoms with van der Waals surface area (Å²) in [7, 11) is 0. The van der Waals surface area contributed by atoms with E-state index in [4.69, 9.17) is 9.47 Å². The lowest BCUT2D eigenvalue weighted by Gasteiger charge is -2.05. The lowest BCUT2D eigenvalue weighted by molar-refractivity contribution is 0.101. The molecular weight excluding hydrogens is 252 g/mol. The molecule has 1 aromatic carbocycles. The van der Waals surface area contributed by atoms with Crippen LogP contribution >= 0.6 is 0 Å². The second-order valence-corrected chi connectivity index (χ2v) is 4.74. The zero-order valence-corrected chi connectivity index (χ0v) is 12.6. The van der Waals surface area contributed by atoms with Gasteiger partial charge in [-0.1, -0.05) is 5.57 Å². The summed E-state index contributed by atoms with van der Waals surface area (Å²) < 4.78 is 10.9. The first-order valence-electron chi connectivity index (χ1n) is 7.10. The highest BCUT2D eigenvalue weighted by Gasteiger charge is 1.99. The van der Waals surface area contributed by atoms with Crippen molar-refractivity contribution in [3.63, 3.8) is 0 Å². The van der Waals surface area contributed by atoms with Crippen molar-refractivity contribution >= 4 is 5.78 Å². The molecule has 0 aliphatic heterocycles. The maximum absolute atomic E-state index is 11.1. The minimum Gasteiger partial charge on any atom is -0.490 e. The summed E-state index contributed by atoms with van der Waals surface area (Å²) >= 11 is 0. The van der Waals surface area contributed by atoms with Crippen LogP contribution in [0.2, 0.25) is 0 Å². The first kappa shape index (κ1) is 16.4. The third-order valence-electron chi connectivity index (χ3n) is 3.01. The number of benzene rings is 1. The molecule has 0 heterocycles. The standard InChI is InChI=1S/C17H24O3/c1-4-19-12-5-6-14(2)11-13-20-17-9-7-16(8-10-17)15(3)18/h7-11H,4-6,12-13H2,1-3H3. The summed E-state index contributed by atoms with van der Waals surface area (Å²) in [4.78, 5) is 11.1. The first-order chi connectivity index (χ1) is 9.63. The molecule has 110 valence electrons. The van der Waals surface area contributed by atoms with E-state index >= 15 is 0 Å². The Bertz CT molecular complexity index is 432. The lowest BCUT2D eigenvalue weighted by atomic mass is 10.1. The van der Waals surface area contributed by atoms with E-state index in [1.54, 1.807) is 19.1 Å². The molecule has 1 aromatic rings. The highest BCUT2D eigenvalue weighted by Crippen LogP contribution is 2.13. The van der Waals surface area contributed by atoms with Gasteiger partial charge in [0, 0.05) is 18.8 Å². The second-order valence-electron chi connectivity index (χ2n) is 4.74. The van der Waals surface area contributed by atoms with Gasteiger partial charge in [0.1, 0.15) is 12.4 Å². The molecule has 3 nitrogen and oxygen atoms in total. The van der Waals surface area contributed by atoms with E-state index in [9.17, 15) is 4.79 Å². The Morgan fingerprint density at radius 3 is 2.50 bits per heavy atom. The Morgan fingerprint density at radius 2 is 1.90 bits per heavy atom. The molecule has 0 saturated heterocycles. The van der Waals surface area contributed by atoms with Crippen LogP contribution in [0.3, 0.4) is 0 Å². The molecule has 0 spiro atoms. The van der Waals surface area contributed by atoms with E-state index in [1.165, 1.54) is 5.57 Å². The van der Waals surface area contributed by atoms with Crippen molar-refractivity contribution in [2.24, 2.45) is 0 Å². The molecule has 0 bridgehead atoms. The van der Waals surface area contributed by atoms with Gasteiger partial charge in [-0.3, -0.25) is 4.79 Å². The average Bonchev–Trinajstić information content (AvgIpc) is 2.44. The maximum Gasteiger partial charge on any atom is 0.159 e. The van der Waals surface area contributed by atoms with E-state index < -0.39 is 0 Å². The first-order valence-corrected chi connectivity index (χ1v) is 7.10. The van der Waals surface area contributed by atoms with Crippen molar-refractivity contribution < 1.29 is 14.3 Å². The van der Waals surface area contributed by atoms with Gasteiger partial charge in [0.05, 0.1) is 0 Å². The Kier molecular flexibility index (Phi) is 7.66. The molecule has 20 heavy (non-hydrogen) atoms. The summed E-state index contributed by atoms with van der Waals surface area (Å²) in [6.45, 7) is 7.82. The quantitative estimate of drug-likeness (QED) is 0.388. The Hall–Kier alpha value is -1.61. The van der Waals surface area contributed by atoms with Crippen molar-refractivity contribution in [2.45, 2.75) is 33.6 Å². The molecular formula is C17H24O3. The topological polar surface area (TPSA) is 35.5 Å². The monoisotopic (exact) mass is 276 g/mol. The number of Topliss-reactive ketones (excluding diaryl/α,β-unsaturated/α-hetero) is 1. The number of rotatable bonds is 9. The Labute approximate surface area is 121 Å². The van der Waals surface area contributed by atoms with E-state index in [-0.39, 0.29) is 5.78 Å². The number of allylic oxidation sites excluding steroid dienone is 1. The van der Waals surface area contributed by atoms with Crippen LogP contribution in [0.25, 0.3) is 0 Å². The van der Waals surface area contributed by atoms with Gasteiger partial charge < -0.3 is 9.47 Å². The predicted octanol–water partition coefficient (Wildman–Crippen LogP) is 4.03. The summed E-state index contributed by atoms with van der Waals surface area (Å²) in [5.41, 5.74) is 2.02. The van der Waals surface area contributed by atoms with Crippen LogP contribution in [0.5, 0.6) is 5.75 Å². The predicted molar refractivity (Wildman–Crippen MR) is 81.4 cm³/mol. The van der Waals surface area contributed by atoms with Gasteiger partial charge in [-0.25, -0.2) is 0 Å². The van der Waals surface area contributed by atoms with E-state index in [2.05, 4.69) is 13.0 Å². The van der Waals surface area contributed by atoms with Gasteiger partial charge in [0.15, 0.2) is 5.78 Å². The van der Waals surface area contributed by atoms with Crippen molar-refractivity contribution in [2.75, 3.05) is 19.8 Å². The number of ether oxygens (including phenoxy) is 2. The molecule has 0 unspecified atom stereocenters. The zero-order chi connectivity index (χ0) is 14.8. The molecule has 0 saturated carbocycles. The minimum atomic E-state index is 0.0709. The summed E-state index contributed by atoms with van der Waals surface area (Å²) in [5.74, 6) is 0.856. The van der Waals surface area contributed by atoms with E-state index in [0.29, 0.717) is 12.2 Å². The van der Waals surface area contributed by atoms with Gasteiger partial charge in [0.25, 0.3) is 0 Å². The summed E-state index contributed by atoms with van der Waals surface area (Å²) in [6, 6.07) is 7.23. The summed E-state index contributed by atoms with van der Waals surface area (Å²) in [6.07, 6.45) is 4.17. The Balaban J connectivity index is 2.30. The smallest absolute Gasteiger partial charge is 0.159 e. The largest absolute Gasteiger partial charge is 0.490 e. The van der Waals surface area contributed by atoms with E-state index in [0.717, 1.165) is 31.8 Å². The normalized spacial score (nSPS) is 11.4. The molecule has 0 aliphatic rings. The fourth-order valence-electron chi connectivity index (χ4n) is 1.77. The van der Waals surface area contributed by atoms with Crippen LogP contribution < -0.4 is 4.74 Å². The highest BCUT2D eigenvalue weighted by atomic mass is 16.5. The number of carbonyl (C=O) groups excluding carboxylic acids is 1. The molecule has 1 rings (SSSR count). The minimum absolute atomic E-state index is 0.0709. The molecule has 0 atom stereocenters. The number of hydrogen-bond acceptors (Lipinski definition) is 3. The van der Waals surface area contributed by atoms with Crippen LogP contribution in [0.15, 0.2) is 35.9 Å². The third-order valence-corrected chi connectivity index (χ3v) is 3.01. The van der Waals surface area contributed by atoms with Gasteiger partial charge in [-0.15, -0.1) is 0 Å². The third kappa shape index (κ3) is 6.53. The fourth-order valence-corrected chi connectivity index (χ4v) is 1.77. The molecule has 0 aromatic heterocycles. The van der Waals surface area contributed by atoms with Crippen LogP contribution in [0.1, 0.15) is 44.0 Å². The fraction of sp³-hybridized carbons (Fsp3) is 0.471. The number of carbonyl (C=O) groups is 1. The maximum atomic E-state index is 11.1. The molecule has 0 N–H and O–H groups in total.